The molecule has 0 aliphatic rings. The summed E-state index contributed by atoms with van der Waals surface area (Å²) in [5.41, 5.74) is 2.93. The van der Waals surface area contributed by atoms with Crippen LogP contribution in [0.4, 0.5) is 10.5 Å². The fourth-order valence-electron chi connectivity index (χ4n) is 3.61. The predicted molar refractivity (Wildman–Crippen MR) is 141 cm³/mol. The van der Waals surface area contributed by atoms with Gasteiger partial charge in [0, 0.05) is 12.2 Å². The van der Waals surface area contributed by atoms with Gasteiger partial charge in [0.15, 0.2) is 0 Å². The van der Waals surface area contributed by atoms with Crippen molar-refractivity contribution in [2.75, 3.05) is 19.0 Å². The molecule has 9 heteroatoms. The first-order valence-electron chi connectivity index (χ1n) is 11.7. The highest BCUT2D eigenvalue weighted by molar-refractivity contribution is 7.83. The van der Waals surface area contributed by atoms with Crippen molar-refractivity contribution < 1.29 is 23.6 Å². The Kier molecular flexibility index (Phi) is 10.0. The summed E-state index contributed by atoms with van der Waals surface area (Å²) in [6.07, 6.45) is 1.67. The number of carbonyl (C=O) groups is 2. The van der Waals surface area contributed by atoms with Gasteiger partial charge in [0.2, 0.25) is 0 Å². The number of unbranched alkanes of at least 4 members (excludes halogenated alkanes) is 1. The molecule has 3 aromatic carbocycles. The van der Waals surface area contributed by atoms with Crippen LogP contribution in [-0.4, -0.2) is 35.0 Å². The third-order valence-corrected chi connectivity index (χ3v) is 6.68. The zero-order valence-corrected chi connectivity index (χ0v) is 21.1. The Morgan fingerprint density at radius 2 is 1.75 bits per heavy atom. The summed E-state index contributed by atoms with van der Waals surface area (Å²) in [5.74, 6) is -0.589. The van der Waals surface area contributed by atoms with Crippen molar-refractivity contribution in [1.29, 1.82) is 0 Å². The number of aliphatic carboxylic acids is 1. The Labute approximate surface area is 213 Å². The number of amides is 2. The number of carbonyl (C=O) groups excluding carboxylic acids is 1. The molecule has 2 unspecified atom stereocenters. The second-order valence-corrected chi connectivity index (χ2v) is 9.34. The summed E-state index contributed by atoms with van der Waals surface area (Å²) >= 11 is 0. The largest absolute Gasteiger partial charge is 0.495 e. The van der Waals surface area contributed by atoms with Crippen LogP contribution in [0.2, 0.25) is 0 Å². The van der Waals surface area contributed by atoms with Crippen LogP contribution in [0.15, 0.2) is 77.7 Å². The first-order valence-corrected chi connectivity index (χ1v) is 12.8. The standard InChI is InChI=1S/C27H31N3O5S/c1-3-4-15-28-27(33)29-22-12-8-11-20(16-22)21-13-14-24(35-2)25(17-21)36(34)30-23(18-26(31)32)19-9-6-5-7-10-19/h5-14,16-17,23,30H,3-4,15,18H2,1-2H3,(H,31,32)(H2,28,29,33). The third-order valence-electron chi connectivity index (χ3n) is 5.46. The summed E-state index contributed by atoms with van der Waals surface area (Å²) in [5, 5.41) is 15.0. The van der Waals surface area contributed by atoms with E-state index in [1.165, 1.54) is 7.11 Å². The number of anilines is 1. The van der Waals surface area contributed by atoms with E-state index in [-0.39, 0.29) is 12.5 Å². The predicted octanol–water partition coefficient (Wildman–Crippen LogP) is 5.11. The summed E-state index contributed by atoms with van der Waals surface area (Å²) < 4.78 is 21.7. The number of nitrogens with one attached hydrogen (secondary N) is 3. The minimum Gasteiger partial charge on any atom is -0.495 e. The molecule has 0 aliphatic heterocycles. The van der Waals surface area contributed by atoms with Gasteiger partial charge in [-0.15, -0.1) is 0 Å². The van der Waals surface area contributed by atoms with E-state index < -0.39 is 23.0 Å². The van der Waals surface area contributed by atoms with Crippen LogP contribution in [0.1, 0.15) is 37.8 Å². The van der Waals surface area contributed by atoms with Gasteiger partial charge in [0.25, 0.3) is 0 Å². The van der Waals surface area contributed by atoms with Gasteiger partial charge in [-0.1, -0.05) is 61.9 Å². The summed E-state index contributed by atoms with van der Waals surface area (Å²) in [6, 6.07) is 20.8. The van der Waals surface area contributed by atoms with E-state index in [1.54, 1.807) is 42.5 Å². The second kappa shape index (κ2) is 13.4. The minimum absolute atomic E-state index is 0.230. The molecule has 2 atom stereocenters. The molecule has 0 aliphatic carbocycles. The van der Waals surface area contributed by atoms with E-state index in [2.05, 4.69) is 22.3 Å². The van der Waals surface area contributed by atoms with Gasteiger partial charge in [0.05, 0.1) is 24.5 Å². The molecule has 3 aromatic rings. The van der Waals surface area contributed by atoms with Gasteiger partial charge >= 0.3 is 12.0 Å². The lowest BCUT2D eigenvalue weighted by atomic mass is 10.0. The monoisotopic (exact) mass is 509 g/mol. The van der Waals surface area contributed by atoms with E-state index in [0.717, 1.165) is 29.5 Å². The van der Waals surface area contributed by atoms with Gasteiger partial charge < -0.3 is 20.5 Å². The van der Waals surface area contributed by atoms with Crippen molar-refractivity contribution in [3.8, 4) is 16.9 Å². The van der Waals surface area contributed by atoms with Gasteiger partial charge in [0.1, 0.15) is 16.7 Å². The maximum absolute atomic E-state index is 13.4. The molecule has 0 saturated carbocycles. The topological polar surface area (TPSA) is 117 Å². The Morgan fingerprint density at radius 3 is 2.44 bits per heavy atom. The van der Waals surface area contributed by atoms with E-state index in [9.17, 15) is 18.9 Å². The quantitative estimate of drug-likeness (QED) is 0.253. The molecule has 2 amide bonds. The first-order chi connectivity index (χ1) is 17.4. The molecule has 0 radical (unpaired) electrons. The van der Waals surface area contributed by atoms with Crippen LogP contribution in [0.5, 0.6) is 5.75 Å². The van der Waals surface area contributed by atoms with Crippen molar-refractivity contribution in [1.82, 2.24) is 10.0 Å². The molecule has 3 rings (SSSR count). The number of urea groups is 1. The van der Waals surface area contributed by atoms with Crippen molar-refractivity contribution in [3.63, 3.8) is 0 Å². The van der Waals surface area contributed by atoms with Gasteiger partial charge in [-0.3, -0.25) is 4.79 Å². The number of rotatable bonds is 12. The third kappa shape index (κ3) is 7.66. The summed E-state index contributed by atoms with van der Waals surface area (Å²) in [4.78, 5) is 24.0. The number of carboxylic acids is 1. The zero-order chi connectivity index (χ0) is 25.9. The average Bonchev–Trinajstić information content (AvgIpc) is 2.88. The van der Waals surface area contributed by atoms with Gasteiger partial charge in [-0.25, -0.2) is 13.7 Å². The highest BCUT2D eigenvalue weighted by Gasteiger charge is 2.21. The highest BCUT2D eigenvalue weighted by atomic mass is 32.2. The van der Waals surface area contributed by atoms with Crippen LogP contribution in [0.3, 0.4) is 0 Å². The van der Waals surface area contributed by atoms with Crippen LogP contribution < -0.4 is 20.1 Å². The molecule has 0 heterocycles. The fraction of sp³-hybridized carbons (Fsp3) is 0.259. The lowest BCUT2D eigenvalue weighted by Gasteiger charge is -2.18. The first kappa shape index (κ1) is 26.9. The van der Waals surface area contributed by atoms with Crippen LogP contribution in [-0.2, 0) is 15.8 Å². The molecular formula is C27H31N3O5S. The van der Waals surface area contributed by atoms with Crippen molar-refractivity contribution >= 4 is 28.7 Å². The minimum atomic E-state index is -1.76. The summed E-state index contributed by atoms with van der Waals surface area (Å²) in [7, 11) is -0.274. The van der Waals surface area contributed by atoms with Crippen molar-refractivity contribution in [3.05, 3.63) is 78.4 Å². The number of carboxylic acid groups (broad SMARTS) is 1. The smallest absolute Gasteiger partial charge is 0.319 e. The molecule has 8 nitrogen and oxygen atoms in total. The lowest BCUT2D eigenvalue weighted by Crippen LogP contribution is -2.29. The van der Waals surface area contributed by atoms with E-state index >= 15 is 0 Å². The van der Waals surface area contributed by atoms with E-state index in [0.29, 0.717) is 22.9 Å². The normalized spacial score (nSPS) is 12.4. The second-order valence-electron chi connectivity index (χ2n) is 8.13. The summed E-state index contributed by atoms with van der Waals surface area (Å²) in [6.45, 7) is 2.66. The average molecular weight is 510 g/mol. The molecule has 190 valence electrons. The van der Waals surface area contributed by atoms with Crippen LogP contribution >= 0.6 is 0 Å². The molecule has 0 bridgehead atoms. The number of ether oxygens (including phenoxy) is 1. The number of methoxy groups -OCH3 is 1. The lowest BCUT2D eigenvalue weighted by molar-refractivity contribution is -0.137. The Morgan fingerprint density at radius 1 is 1.00 bits per heavy atom. The van der Waals surface area contributed by atoms with Crippen molar-refractivity contribution in [2.45, 2.75) is 37.1 Å². The van der Waals surface area contributed by atoms with Crippen molar-refractivity contribution in [2.24, 2.45) is 0 Å². The van der Waals surface area contributed by atoms with Gasteiger partial charge in [-0.2, -0.15) is 0 Å². The Hall–Kier alpha value is -3.69. The number of benzene rings is 3. The van der Waals surface area contributed by atoms with E-state index in [1.807, 2.05) is 30.3 Å². The number of hydrogen-bond donors (Lipinski definition) is 4. The molecular weight excluding hydrogens is 478 g/mol. The molecule has 4 N–H and O–H groups in total. The highest BCUT2D eigenvalue weighted by Crippen LogP contribution is 2.31. The maximum Gasteiger partial charge on any atom is 0.319 e. The zero-order valence-electron chi connectivity index (χ0n) is 20.3. The Bertz CT molecular complexity index is 1200. The molecule has 36 heavy (non-hydrogen) atoms. The van der Waals surface area contributed by atoms with Crippen LogP contribution in [0, 0.1) is 0 Å². The van der Waals surface area contributed by atoms with E-state index in [4.69, 9.17) is 4.74 Å². The Balaban J connectivity index is 1.84. The van der Waals surface area contributed by atoms with Gasteiger partial charge in [-0.05, 0) is 47.4 Å². The molecule has 0 aromatic heterocycles. The van der Waals surface area contributed by atoms with Crippen LogP contribution in [0.25, 0.3) is 11.1 Å². The SMILES string of the molecule is CCCCNC(=O)Nc1cccc(-c2ccc(OC)c(S(=O)NC(CC(=O)O)c3ccccc3)c2)c1. The maximum atomic E-state index is 13.4. The molecule has 0 fully saturated rings. The number of hydrogen-bond acceptors (Lipinski definition) is 4. The molecule has 0 spiro atoms. The fourth-order valence-corrected chi connectivity index (χ4v) is 4.78. The molecule has 0 saturated heterocycles.